The number of carbonyl (C=O) groups excluding carboxylic acids is 2. The van der Waals surface area contributed by atoms with Crippen molar-refractivity contribution in [3.63, 3.8) is 0 Å². The normalized spacial score (nSPS) is 23.5. The van der Waals surface area contributed by atoms with E-state index in [0.717, 1.165) is 25.9 Å². The molecule has 1 atom stereocenters. The Bertz CT molecular complexity index is 358. The van der Waals surface area contributed by atoms with Gasteiger partial charge in [0.2, 0.25) is 5.91 Å². The summed E-state index contributed by atoms with van der Waals surface area (Å²) in [5.74, 6) is -1.09. The molecule has 2 aliphatic rings. The van der Waals surface area contributed by atoms with Gasteiger partial charge in [-0.15, -0.1) is 0 Å². The lowest BCUT2D eigenvalue weighted by Crippen LogP contribution is -2.52. The van der Waals surface area contributed by atoms with Crippen LogP contribution >= 0.6 is 0 Å². The lowest BCUT2D eigenvalue weighted by molar-refractivity contribution is -0.185. The van der Waals surface area contributed by atoms with Crippen LogP contribution in [0.2, 0.25) is 0 Å². The zero-order valence-corrected chi connectivity index (χ0v) is 12.0. The Morgan fingerprint density at radius 1 is 1.30 bits per heavy atom. The Morgan fingerprint density at radius 3 is 2.40 bits per heavy atom. The maximum absolute atomic E-state index is 11.7. The largest absolute Gasteiger partial charge is 0.467 e. The van der Waals surface area contributed by atoms with Crippen LogP contribution in [0.25, 0.3) is 0 Å². The number of methoxy groups -OCH3 is 1. The Labute approximate surface area is 118 Å². The topological polar surface area (TPSA) is 77.1 Å². The van der Waals surface area contributed by atoms with Crippen LogP contribution in [0.5, 0.6) is 0 Å². The molecule has 0 aromatic rings. The summed E-state index contributed by atoms with van der Waals surface area (Å²) >= 11 is 0. The lowest BCUT2D eigenvalue weighted by Gasteiger charge is -2.38. The van der Waals surface area contributed by atoms with Gasteiger partial charge < -0.3 is 24.4 Å². The van der Waals surface area contributed by atoms with Gasteiger partial charge in [0.05, 0.1) is 20.3 Å². The molecule has 7 nitrogen and oxygen atoms in total. The molecule has 1 N–H and O–H groups in total. The zero-order chi connectivity index (χ0) is 14.6. The number of nitrogens with zero attached hydrogens (tertiary/aromatic N) is 1. The highest BCUT2D eigenvalue weighted by Crippen LogP contribution is 2.31. The van der Waals surface area contributed by atoms with E-state index in [2.05, 4.69) is 10.2 Å². The Hall–Kier alpha value is -1.18. The Kier molecular flexibility index (Phi) is 4.95. The summed E-state index contributed by atoms with van der Waals surface area (Å²) < 4.78 is 16.0. The van der Waals surface area contributed by atoms with E-state index in [0.29, 0.717) is 19.8 Å². The zero-order valence-electron chi connectivity index (χ0n) is 12.0. The Balaban J connectivity index is 1.85. The van der Waals surface area contributed by atoms with Crippen LogP contribution in [0.15, 0.2) is 0 Å². The van der Waals surface area contributed by atoms with Crippen molar-refractivity contribution in [3.8, 4) is 0 Å². The van der Waals surface area contributed by atoms with E-state index < -0.39 is 17.8 Å². The summed E-state index contributed by atoms with van der Waals surface area (Å²) in [5, 5.41) is 2.62. The summed E-state index contributed by atoms with van der Waals surface area (Å²) in [6.07, 6.45) is 1.56. The quantitative estimate of drug-likeness (QED) is 0.702. The van der Waals surface area contributed by atoms with Gasteiger partial charge in [0.1, 0.15) is 6.04 Å². The highest BCUT2D eigenvalue weighted by Gasteiger charge is 2.40. The molecule has 2 rings (SSSR count). The highest BCUT2D eigenvalue weighted by molar-refractivity contribution is 5.83. The third-order valence-corrected chi connectivity index (χ3v) is 3.74. The number of esters is 1. The Morgan fingerprint density at radius 2 is 1.90 bits per heavy atom. The summed E-state index contributed by atoms with van der Waals surface area (Å²) in [5.41, 5.74) is 0. The molecule has 114 valence electrons. The first-order valence-electron chi connectivity index (χ1n) is 6.90. The van der Waals surface area contributed by atoms with Crippen molar-refractivity contribution in [1.29, 1.82) is 0 Å². The summed E-state index contributed by atoms with van der Waals surface area (Å²) in [4.78, 5) is 24.9. The first kappa shape index (κ1) is 15.2. The van der Waals surface area contributed by atoms with E-state index in [1.54, 1.807) is 0 Å². The summed E-state index contributed by atoms with van der Waals surface area (Å²) in [6, 6.07) is -0.628. The minimum absolute atomic E-state index is 0.240. The van der Waals surface area contributed by atoms with Crippen molar-refractivity contribution in [2.45, 2.75) is 31.6 Å². The number of hydrogen-bond acceptors (Lipinski definition) is 6. The molecule has 2 aliphatic heterocycles. The molecule has 1 unspecified atom stereocenters. The van der Waals surface area contributed by atoms with Crippen molar-refractivity contribution in [1.82, 2.24) is 10.2 Å². The molecule has 2 heterocycles. The molecule has 0 aromatic heterocycles. The summed E-state index contributed by atoms with van der Waals surface area (Å²) in [6.45, 7) is 4.68. The third kappa shape index (κ3) is 3.68. The molecule has 7 heteroatoms. The van der Waals surface area contributed by atoms with Gasteiger partial charge in [0, 0.05) is 39.4 Å². The predicted octanol–water partition coefficient (Wildman–Crippen LogP) is -0.497. The highest BCUT2D eigenvalue weighted by atomic mass is 16.7. The number of piperidine rings is 1. The van der Waals surface area contributed by atoms with Gasteiger partial charge in [-0.3, -0.25) is 4.79 Å². The van der Waals surface area contributed by atoms with Crippen LogP contribution in [0, 0.1) is 0 Å². The van der Waals surface area contributed by atoms with Gasteiger partial charge in [0.25, 0.3) is 0 Å². The van der Waals surface area contributed by atoms with Gasteiger partial charge >= 0.3 is 5.97 Å². The number of rotatable bonds is 4. The first-order chi connectivity index (χ1) is 9.54. The van der Waals surface area contributed by atoms with Crippen LogP contribution in [-0.4, -0.2) is 68.6 Å². The number of nitrogens with one attached hydrogen (secondary N) is 1. The summed E-state index contributed by atoms with van der Waals surface area (Å²) in [7, 11) is 1.32. The molecular formula is C13H22N2O5. The van der Waals surface area contributed by atoms with E-state index in [-0.39, 0.29) is 5.91 Å². The maximum atomic E-state index is 11.7. The molecule has 1 amide bonds. The molecule has 2 saturated heterocycles. The maximum Gasteiger partial charge on any atom is 0.329 e. The van der Waals surface area contributed by atoms with Gasteiger partial charge in [0.15, 0.2) is 5.79 Å². The van der Waals surface area contributed by atoms with Gasteiger partial charge in [-0.05, 0) is 0 Å². The van der Waals surface area contributed by atoms with Gasteiger partial charge in [-0.2, -0.15) is 0 Å². The van der Waals surface area contributed by atoms with Crippen molar-refractivity contribution < 1.29 is 23.8 Å². The fraction of sp³-hybridized carbons (Fsp3) is 0.846. The smallest absolute Gasteiger partial charge is 0.329 e. The average molecular weight is 286 g/mol. The van der Waals surface area contributed by atoms with Crippen molar-refractivity contribution in [3.05, 3.63) is 0 Å². The fourth-order valence-electron chi connectivity index (χ4n) is 2.69. The molecule has 1 spiro atoms. The monoisotopic (exact) mass is 286 g/mol. The molecule has 2 fully saturated rings. The number of carbonyl (C=O) groups is 2. The van der Waals surface area contributed by atoms with E-state index in [9.17, 15) is 9.59 Å². The van der Waals surface area contributed by atoms with Gasteiger partial charge in [-0.1, -0.05) is 0 Å². The molecule has 0 aromatic carbocycles. The van der Waals surface area contributed by atoms with Crippen molar-refractivity contribution in [2.24, 2.45) is 0 Å². The van der Waals surface area contributed by atoms with Crippen LogP contribution in [0.3, 0.4) is 0 Å². The lowest BCUT2D eigenvalue weighted by atomic mass is 10.0. The second kappa shape index (κ2) is 6.51. The van der Waals surface area contributed by atoms with Crippen molar-refractivity contribution in [2.75, 3.05) is 40.0 Å². The second-order valence-electron chi connectivity index (χ2n) is 5.18. The molecule has 0 radical (unpaired) electrons. The minimum Gasteiger partial charge on any atom is -0.467 e. The molecule has 0 aliphatic carbocycles. The number of hydrogen-bond donors (Lipinski definition) is 1. The molecule has 20 heavy (non-hydrogen) atoms. The van der Waals surface area contributed by atoms with E-state index in [1.165, 1.54) is 14.0 Å². The van der Waals surface area contributed by atoms with E-state index >= 15 is 0 Å². The second-order valence-corrected chi connectivity index (χ2v) is 5.18. The van der Waals surface area contributed by atoms with Crippen LogP contribution in [-0.2, 0) is 23.8 Å². The number of ether oxygens (including phenoxy) is 3. The molecule has 0 saturated carbocycles. The molecule has 0 bridgehead atoms. The van der Waals surface area contributed by atoms with Gasteiger partial charge in [-0.25, -0.2) is 4.79 Å². The van der Waals surface area contributed by atoms with E-state index in [4.69, 9.17) is 14.2 Å². The number of amides is 1. The molecular weight excluding hydrogens is 264 g/mol. The fourth-order valence-corrected chi connectivity index (χ4v) is 2.69. The standard InChI is InChI=1S/C13H22N2O5/c1-10(16)14-11(12(17)18-2)9-15-5-3-13(4-6-15)19-7-8-20-13/h11H,3-9H2,1-2H3,(H,14,16). The number of likely N-dealkylation sites (tertiary alicyclic amines) is 1. The SMILES string of the molecule is COC(=O)C(CN1CCC2(CC1)OCCO2)NC(C)=O. The third-order valence-electron chi connectivity index (χ3n) is 3.74. The van der Waals surface area contributed by atoms with Crippen LogP contribution in [0.1, 0.15) is 19.8 Å². The minimum atomic E-state index is -0.628. The van der Waals surface area contributed by atoms with Crippen LogP contribution < -0.4 is 5.32 Å². The van der Waals surface area contributed by atoms with Crippen molar-refractivity contribution >= 4 is 11.9 Å². The predicted molar refractivity (Wildman–Crippen MR) is 69.9 cm³/mol. The average Bonchev–Trinajstić information content (AvgIpc) is 2.88. The van der Waals surface area contributed by atoms with E-state index in [1.807, 2.05) is 0 Å². The van der Waals surface area contributed by atoms with Crippen LogP contribution in [0.4, 0.5) is 0 Å². The first-order valence-corrected chi connectivity index (χ1v) is 6.90.